The fourth-order valence-electron chi connectivity index (χ4n) is 2.00. The third-order valence-corrected chi connectivity index (χ3v) is 3.25. The molecule has 0 fully saturated rings. The van der Waals surface area contributed by atoms with Crippen LogP contribution in [0.15, 0.2) is 36.5 Å². The molecule has 118 valence electrons. The highest BCUT2D eigenvalue weighted by atomic mass is 16.1. The maximum absolute atomic E-state index is 12.2. The van der Waals surface area contributed by atoms with Crippen LogP contribution in [0.5, 0.6) is 0 Å². The average Bonchev–Trinajstić information content (AvgIpc) is 3.17. The van der Waals surface area contributed by atoms with E-state index in [4.69, 9.17) is 0 Å². The minimum atomic E-state index is -0.214. The number of carbonyl (C=O) groups excluding carboxylic acids is 1. The highest BCUT2D eigenvalue weighted by Crippen LogP contribution is 2.16. The normalized spacial score (nSPS) is 11.0. The quantitative estimate of drug-likeness (QED) is 0.794. The molecule has 0 radical (unpaired) electrons. The number of hydrogen-bond donors (Lipinski definition) is 1. The summed E-state index contributed by atoms with van der Waals surface area (Å²) in [5.74, 6) is 0.840. The van der Waals surface area contributed by atoms with E-state index in [9.17, 15) is 4.79 Å². The third-order valence-electron chi connectivity index (χ3n) is 3.25. The van der Waals surface area contributed by atoms with E-state index >= 15 is 0 Å². The molecule has 3 rings (SSSR count). The summed E-state index contributed by atoms with van der Waals surface area (Å²) in [4.78, 5) is 13.7. The summed E-state index contributed by atoms with van der Waals surface area (Å²) in [5.41, 5.74) is 1.35. The van der Waals surface area contributed by atoms with Crippen molar-refractivity contribution in [3.63, 3.8) is 0 Å². The van der Waals surface area contributed by atoms with Crippen LogP contribution in [0.2, 0.25) is 0 Å². The predicted molar refractivity (Wildman–Crippen MR) is 84.8 cm³/mol. The Morgan fingerprint density at radius 1 is 1.13 bits per heavy atom. The standard InChI is InChI=1S/C15H17N7O/c1-10(2)22-19-14(17-20-22)11-4-6-12(7-5-11)15(23)16-13-8-9-21(3)18-13/h4-10H,1-3H3,(H,16,18,23). The smallest absolute Gasteiger partial charge is 0.256 e. The SMILES string of the molecule is CC(C)n1nnc(-c2ccc(C(=O)Nc3ccn(C)n3)cc2)n1. The van der Waals surface area contributed by atoms with Crippen molar-refractivity contribution in [3.8, 4) is 11.4 Å². The van der Waals surface area contributed by atoms with Gasteiger partial charge in [-0.1, -0.05) is 12.1 Å². The highest BCUT2D eigenvalue weighted by Gasteiger charge is 2.11. The molecule has 1 amide bonds. The third kappa shape index (κ3) is 3.25. The summed E-state index contributed by atoms with van der Waals surface area (Å²) in [5, 5.41) is 19.2. The molecule has 2 aromatic heterocycles. The number of aryl methyl sites for hydroxylation is 1. The molecule has 0 bridgehead atoms. The largest absolute Gasteiger partial charge is 0.305 e. The van der Waals surface area contributed by atoms with Crippen LogP contribution in [0.25, 0.3) is 11.4 Å². The molecule has 23 heavy (non-hydrogen) atoms. The van der Waals surface area contributed by atoms with Crippen molar-refractivity contribution in [1.29, 1.82) is 0 Å². The van der Waals surface area contributed by atoms with Crippen LogP contribution >= 0.6 is 0 Å². The van der Waals surface area contributed by atoms with Crippen LogP contribution in [0.4, 0.5) is 5.82 Å². The molecule has 8 heteroatoms. The molecule has 8 nitrogen and oxygen atoms in total. The Morgan fingerprint density at radius 3 is 2.43 bits per heavy atom. The van der Waals surface area contributed by atoms with Crippen molar-refractivity contribution < 1.29 is 4.79 Å². The monoisotopic (exact) mass is 311 g/mol. The zero-order chi connectivity index (χ0) is 16.4. The fourth-order valence-corrected chi connectivity index (χ4v) is 2.00. The molecule has 2 heterocycles. The lowest BCUT2D eigenvalue weighted by atomic mass is 10.1. The van der Waals surface area contributed by atoms with Crippen LogP contribution in [-0.2, 0) is 7.05 Å². The number of nitrogens with one attached hydrogen (secondary N) is 1. The number of amides is 1. The first-order valence-corrected chi connectivity index (χ1v) is 7.24. The number of nitrogens with zero attached hydrogens (tertiary/aromatic N) is 6. The van der Waals surface area contributed by atoms with E-state index in [0.29, 0.717) is 17.2 Å². The summed E-state index contributed by atoms with van der Waals surface area (Å²) in [7, 11) is 1.79. The number of carbonyl (C=O) groups is 1. The lowest BCUT2D eigenvalue weighted by Gasteiger charge is -2.03. The van der Waals surface area contributed by atoms with Gasteiger partial charge in [-0.05, 0) is 31.2 Å². The minimum Gasteiger partial charge on any atom is -0.305 e. The number of benzene rings is 1. The molecule has 1 N–H and O–H groups in total. The van der Waals surface area contributed by atoms with E-state index in [2.05, 4.69) is 25.8 Å². The van der Waals surface area contributed by atoms with Gasteiger partial charge in [-0.25, -0.2) is 0 Å². The van der Waals surface area contributed by atoms with Gasteiger partial charge in [0.05, 0.1) is 6.04 Å². The Bertz CT molecular complexity index is 816. The van der Waals surface area contributed by atoms with Crippen LogP contribution in [0.3, 0.4) is 0 Å². The maximum atomic E-state index is 12.2. The molecule has 0 aliphatic heterocycles. The molecular weight excluding hydrogens is 294 g/mol. The molecule has 0 unspecified atom stereocenters. The molecule has 3 aromatic rings. The van der Waals surface area contributed by atoms with Crippen LogP contribution < -0.4 is 5.32 Å². The first-order valence-electron chi connectivity index (χ1n) is 7.24. The fraction of sp³-hybridized carbons (Fsp3) is 0.267. The van der Waals surface area contributed by atoms with Crippen molar-refractivity contribution in [3.05, 3.63) is 42.1 Å². The van der Waals surface area contributed by atoms with E-state index < -0.39 is 0 Å². The molecule has 0 aliphatic rings. The first-order chi connectivity index (χ1) is 11.0. The second-order valence-corrected chi connectivity index (χ2v) is 5.43. The van der Waals surface area contributed by atoms with E-state index in [1.54, 1.807) is 53.1 Å². The average molecular weight is 311 g/mol. The van der Waals surface area contributed by atoms with Crippen molar-refractivity contribution in [2.24, 2.45) is 7.05 Å². The Labute approximate surface area is 133 Å². The van der Waals surface area contributed by atoms with E-state index in [0.717, 1.165) is 5.56 Å². The van der Waals surface area contributed by atoms with Gasteiger partial charge in [0.15, 0.2) is 5.82 Å². The Morgan fingerprint density at radius 2 is 1.87 bits per heavy atom. The van der Waals surface area contributed by atoms with Gasteiger partial charge in [0.25, 0.3) is 5.91 Å². The van der Waals surface area contributed by atoms with Gasteiger partial charge >= 0.3 is 0 Å². The summed E-state index contributed by atoms with van der Waals surface area (Å²) in [6, 6.07) is 8.94. The van der Waals surface area contributed by atoms with E-state index in [-0.39, 0.29) is 11.9 Å². The lowest BCUT2D eigenvalue weighted by molar-refractivity contribution is 0.102. The summed E-state index contributed by atoms with van der Waals surface area (Å²) in [6.45, 7) is 3.97. The second-order valence-electron chi connectivity index (χ2n) is 5.43. The van der Waals surface area contributed by atoms with Gasteiger partial charge in [0, 0.05) is 30.4 Å². The van der Waals surface area contributed by atoms with Gasteiger partial charge < -0.3 is 5.32 Å². The zero-order valence-electron chi connectivity index (χ0n) is 13.1. The van der Waals surface area contributed by atoms with Crippen molar-refractivity contribution in [1.82, 2.24) is 30.0 Å². The predicted octanol–water partition coefficient (Wildman–Crippen LogP) is 1.91. The minimum absolute atomic E-state index is 0.152. The summed E-state index contributed by atoms with van der Waals surface area (Å²) in [6.07, 6.45) is 1.77. The molecule has 0 saturated heterocycles. The number of hydrogen-bond acceptors (Lipinski definition) is 5. The molecule has 0 aliphatic carbocycles. The number of tetrazole rings is 1. The summed E-state index contributed by atoms with van der Waals surface area (Å²) < 4.78 is 1.63. The Kier molecular flexibility index (Phi) is 3.88. The molecular formula is C15H17N7O. The van der Waals surface area contributed by atoms with Gasteiger partial charge in [0.1, 0.15) is 0 Å². The van der Waals surface area contributed by atoms with E-state index in [1.807, 2.05) is 13.8 Å². The topological polar surface area (TPSA) is 90.5 Å². The van der Waals surface area contributed by atoms with Gasteiger partial charge in [0.2, 0.25) is 5.82 Å². The number of anilines is 1. The van der Waals surface area contributed by atoms with Crippen LogP contribution in [0.1, 0.15) is 30.2 Å². The van der Waals surface area contributed by atoms with Crippen LogP contribution in [0, 0.1) is 0 Å². The molecule has 0 atom stereocenters. The second kappa shape index (κ2) is 5.99. The van der Waals surface area contributed by atoms with Crippen LogP contribution in [-0.4, -0.2) is 35.9 Å². The highest BCUT2D eigenvalue weighted by molar-refractivity contribution is 6.03. The molecule has 0 spiro atoms. The maximum Gasteiger partial charge on any atom is 0.256 e. The van der Waals surface area contributed by atoms with Crippen molar-refractivity contribution in [2.45, 2.75) is 19.9 Å². The Hall–Kier alpha value is -3.03. The Balaban J connectivity index is 1.74. The number of rotatable bonds is 4. The number of aromatic nitrogens is 6. The van der Waals surface area contributed by atoms with Gasteiger partial charge in [-0.15, -0.1) is 10.2 Å². The lowest BCUT2D eigenvalue weighted by Crippen LogP contribution is -2.12. The van der Waals surface area contributed by atoms with Crippen molar-refractivity contribution in [2.75, 3.05) is 5.32 Å². The van der Waals surface area contributed by atoms with Gasteiger partial charge in [-0.3, -0.25) is 9.48 Å². The summed E-state index contributed by atoms with van der Waals surface area (Å²) >= 11 is 0. The van der Waals surface area contributed by atoms with Gasteiger partial charge in [-0.2, -0.15) is 9.90 Å². The van der Waals surface area contributed by atoms with E-state index in [1.165, 1.54) is 0 Å². The zero-order valence-corrected chi connectivity index (χ0v) is 13.1. The first kappa shape index (κ1) is 14.9. The molecule has 1 aromatic carbocycles. The van der Waals surface area contributed by atoms with Crippen molar-refractivity contribution >= 4 is 11.7 Å². The molecule has 0 saturated carbocycles.